The van der Waals surface area contributed by atoms with Crippen molar-refractivity contribution in [3.8, 4) is 0 Å². The Kier molecular flexibility index (Phi) is 102. The minimum Gasteiger partial charge on any atom is -0.463 e. The molecule has 0 saturated heterocycles. The summed E-state index contributed by atoms with van der Waals surface area (Å²) < 4.78 is 61.8. The Morgan fingerprint density at radius 2 is 0.398 bits per heavy atom. The highest BCUT2D eigenvalue weighted by molar-refractivity contribution is 7.47. The van der Waals surface area contributed by atoms with Gasteiger partial charge in [-0.05, 0) is 154 Å². The van der Waals surface area contributed by atoms with Crippen LogP contribution in [0.4, 0.5) is 0 Å². The average Bonchev–Trinajstić information content (AvgIpc) is 0.895. The summed E-state index contributed by atoms with van der Waals surface area (Å²) in [5.74, 6) is -1.55. The van der Waals surface area contributed by atoms with E-state index in [9.17, 15) is 43.5 Å². The van der Waals surface area contributed by atoms with E-state index in [1.54, 1.807) is 0 Å². The van der Waals surface area contributed by atoms with Crippen LogP contribution in [-0.4, -0.2) is 95.9 Å². The third-order valence-electron chi connectivity index (χ3n) is 23.4. The second kappa shape index (κ2) is 106. The first-order valence-electron chi connectivity index (χ1n) is 54.4. The van der Waals surface area contributed by atoms with E-state index in [2.05, 4.69) is 191 Å². The van der Waals surface area contributed by atoms with Crippen LogP contribution in [-0.2, 0) is 55.8 Å². The number of hydrogen-bond donors (Lipinski definition) is 4. The molecule has 766 valence electrons. The summed E-state index contributed by atoms with van der Waals surface area (Å²) in [5, 5.41) is 20.8. The second-order valence-electron chi connectivity index (χ2n) is 36.4. The predicted molar refractivity (Wildman–Crippen MR) is 565 cm³/mol. The van der Waals surface area contributed by atoms with Gasteiger partial charge in [-0.3, -0.25) is 32.5 Å². The summed E-state index contributed by atoms with van der Waals surface area (Å²) in [7, 11) is -9.82. The summed E-state index contributed by atoms with van der Waals surface area (Å²) in [6, 6.07) is 0. The number of ether oxygens (including phenoxy) is 3. The van der Waals surface area contributed by atoms with E-state index in [0.29, 0.717) is 19.3 Å². The molecule has 0 aliphatic carbocycles. The number of allylic oxidation sites excluding steroid dienone is 28. The van der Waals surface area contributed by atoms with Gasteiger partial charge in [-0.2, -0.15) is 0 Å². The van der Waals surface area contributed by atoms with Gasteiger partial charge in [-0.1, -0.05) is 480 Å². The molecule has 0 rings (SSSR count). The van der Waals surface area contributed by atoms with E-state index in [-0.39, 0.29) is 19.3 Å². The van der Waals surface area contributed by atoms with Crippen molar-refractivity contribution in [3.05, 3.63) is 170 Å². The van der Waals surface area contributed by atoms with E-state index in [1.807, 2.05) is 0 Å². The number of hydrogen-bond acceptors (Lipinski definition) is 14. The van der Waals surface area contributed by atoms with Crippen LogP contribution in [0.25, 0.3) is 0 Å². The molecule has 0 aromatic rings. The normalized spacial score (nSPS) is 14.2. The average molecular weight is 1900 g/mol. The van der Waals surface area contributed by atoms with Crippen LogP contribution in [0, 0.1) is 0 Å². The Labute approximate surface area is 815 Å². The maximum atomic E-state index is 13.2. The lowest BCUT2D eigenvalue weighted by Crippen LogP contribution is -2.30. The van der Waals surface area contributed by atoms with Crippen LogP contribution in [0.2, 0.25) is 0 Å². The van der Waals surface area contributed by atoms with Crippen molar-refractivity contribution in [2.24, 2.45) is 0 Å². The molecule has 0 bridgehead atoms. The lowest BCUT2D eigenvalue weighted by atomic mass is 10.0. The zero-order valence-corrected chi connectivity index (χ0v) is 86.9. The van der Waals surface area contributed by atoms with Crippen molar-refractivity contribution in [3.63, 3.8) is 0 Å². The summed E-state index contributed by atoms with van der Waals surface area (Å²) in [5.41, 5.74) is 0. The van der Waals surface area contributed by atoms with Crippen LogP contribution in [0.1, 0.15) is 483 Å². The highest BCUT2D eigenvalue weighted by Crippen LogP contribution is 2.45. The van der Waals surface area contributed by atoms with Crippen molar-refractivity contribution in [2.45, 2.75) is 501 Å². The molecule has 0 saturated carbocycles. The molecule has 0 aromatic heterocycles. The Hall–Kier alpha value is -5.09. The maximum Gasteiger partial charge on any atom is 0.472 e. The van der Waals surface area contributed by atoms with Crippen molar-refractivity contribution >= 4 is 33.6 Å². The zero-order valence-electron chi connectivity index (χ0n) is 85.1. The van der Waals surface area contributed by atoms with E-state index in [4.69, 9.17) is 32.3 Å². The molecule has 0 aromatic carbocycles. The minimum absolute atomic E-state index is 0.101. The fraction of sp³-hybridized carbons (Fsp3) is 0.730. The number of aliphatic hydroxyl groups excluding tert-OH is 2. The lowest BCUT2D eigenvalue weighted by Gasteiger charge is -2.21. The molecule has 0 spiro atoms. The van der Waals surface area contributed by atoms with Gasteiger partial charge in [0.15, 0.2) is 6.10 Å². The zero-order chi connectivity index (χ0) is 96.4. The van der Waals surface area contributed by atoms with Crippen LogP contribution in [0.15, 0.2) is 170 Å². The van der Waals surface area contributed by atoms with Gasteiger partial charge >= 0.3 is 33.6 Å². The fourth-order valence-corrected chi connectivity index (χ4v) is 16.8. The smallest absolute Gasteiger partial charge is 0.463 e. The molecule has 5 unspecified atom stereocenters. The van der Waals surface area contributed by atoms with Crippen molar-refractivity contribution in [1.29, 1.82) is 0 Å². The maximum absolute atomic E-state index is 13.2. The Morgan fingerprint density at radius 3 is 0.632 bits per heavy atom. The van der Waals surface area contributed by atoms with Crippen LogP contribution >= 0.6 is 15.6 Å². The number of phosphoric ester groups is 2. The highest BCUT2D eigenvalue weighted by Gasteiger charge is 2.30. The molecule has 0 aliphatic heterocycles. The SMILES string of the molecule is CC/C=C\C/C=C\C/C=C\C/C=C\C/C=C\CCCCCCCCCCCCCCCCCCCC(=O)OCC(COP(=O)(O)OCC(O)COP(=O)(O)OCC(O)COC(=O)CCCCCCCCCCCCCCCCCCCCC/C=C\C/C=C\C/C=C\C/C=C\CCCCC)OC(=O)CCCCCCCCCCCCCCC/C=C\C/C=C\C/C=C\C/C=C\C/C=C\CC. The van der Waals surface area contributed by atoms with E-state index in [1.165, 1.54) is 270 Å². The first-order chi connectivity index (χ1) is 65.2. The highest BCUT2D eigenvalue weighted by atomic mass is 31.2. The number of esters is 3. The molecule has 4 N–H and O–H groups in total. The van der Waals surface area contributed by atoms with E-state index >= 15 is 0 Å². The standard InChI is InChI=1S/C115H200O16P2/c1-4-7-10-13-16-19-22-25-28-31-34-37-40-43-46-49-51-53-54-56-58-60-62-65-68-71-74-77-80-83-86-89-92-95-98-101-113(118)125-104-110(116)105-127-132(121,122)128-106-111(117)107-129-133(123,124)130-109-112(131-115(120)103-100-97-94-91-88-85-82-79-76-73-70-67-64-59-48-45-42-39-36-33-30-27-24-21-18-15-12-9-6-3)108-126-114(119)102-99-96-93-90-87-84-81-78-75-72-69-66-63-61-57-55-52-50-47-44-41-38-35-32-29-26-23-20-17-14-11-8-5-2/h8-9,11-12,16-21,25-30,34-39,43-48,110-112,116-117H,4-7,10,13-15,22-24,31-33,40-42,49-109H2,1-3H3,(H,121,122)(H,123,124)/b11-8-,12-9-,19-16-,20-17-,21-18-,28-25-,29-26-,30-27-,37-34-,38-35-,39-36-,46-43-,47-44-,48-45-. The van der Waals surface area contributed by atoms with Gasteiger partial charge < -0.3 is 34.2 Å². The van der Waals surface area contributed by atoms with Gasteiger partial charge in [0.2, 0.25) is 0 Å². The summed E-state index contributed by atoms with van der Waals surface area (Å²) in [6.45, 7) is 2.52. The summed E-state index contributed by atoms with van der Waals surface area (Å²) in [4.78, 5) is 59.3. The van der Waals surface area contributed by atoms with Crippen molar-refractivity contribution in [1.82, 2.24) is 0 Å². The van der Waals surface area contributed by atoms with Gasteiger partial charge in [-0.15, -0.1) is 0 Å². The van der Waals surface area contributed by atoms with Gasteiger partial charge in [0.05, 0.1) is 26.4 Å². The summed E-state index contributed by atoms with van der Waals surface area (Å²) in [6.07, 6.45) is 140. The second-order valence-corrected chi connectivity index (χ2v) is 39.3. The predicted octanol–water partition coefficient (Wildman–Crippen LogP) is 34.9. The fourth-order valence-electron chi connectivity index (χ4n) is 15.3. The number of carbonyl (C=O) groups excluding carboxylic acids is 3. The molecular formula is C115H200O16P2. The molecule has 18 heteroatoms. The monoisotopic (exact) mass is 1900 g/mol. The van der Waals surface area contributed by atoms with Crippen LogP contribution in [0.3, 0.4) is 0 Å². The van der Waals surface area contributed by atoms with E-state index < -0.39 is 91.5 Å². The molecule has 16 nitrogen and oxygen atoms in total. The largest absolute Gasteiger partial charge is 0.472 e. The number of carbonyl (C=O) groups is 3. The topological polar surface area (TPSA) is 231 Å². The third-order valence-corrected chi connectivity index (χ3v) is 25.3. The number of unbranched alkanes of at least 4 members (excludes halogenated alkanes) is 52. The molecule has 0 fully saturated rings. The van der Waals surface area contributed by atoms with Crippen molar-refractivity contribution in [2.75, 3.05) is 39.6 Å². The van der Waals surface area contributed by atoms with Gasteiger partial charge in [0.25, 0.3) is 0 Å². The molecule has 0 amide bonds. The Morgan fingerprint density at radius 1 is 0.218 bits per heavy atom. The number of aliphatic hydroxyl groups is 2. The molecule has 5 atom stereocenters. The van der Waals surface area contributed by atoms with Gasteiger partial charge in [-0.25, -0.2) is 9.13 Å². The summed E-state index contributed by atoms with van der Waals surface area (Å²) >= 11 is 0. The van der Waals surface area contributed by atoms with Crippen molar-refractivity contribution < 1.29 is 75.8 Å². The molecule has 0 heterocycles. The Bertz CT molecular complexity index is 3100. The van der Waals surface area contributed by atoms with Gasteiger partial charge in [0.1, 0.15) is 25.4 Å². The molecule has 133 heavy (non-hydrogen) atoms. The lowest BCUT2D eigenvalue weighted by molar-refractivity contribution is -0.161. The molecular weight excluding hydrogens is 1700 g/mol. The first kappa shape index (κ1) is 128. The first-order valence-corrected chi connectivity index (χ1v) is 57.4. The third kappa shape index (κ3) is 107. The number of phosphoric acid groups is 2. The molecule has 0 aliphatic rings. The quantitative estimate of drug-likeness (QED) is 0.0146. The van der Waals surface area contributed by atoms with Crippen LogP contribution < -0.4 is 0 Å². The minimum atomic E-state index is -4.95. The number of rotatable bonds is 103. The van der Waals surface area contributed by atoms with Crippen LogP contribution in [0.5, 0.6) is 0 Å². The Balaban J connectivity index is 4.57. The van der Waals surface area contributed by atoms with Gasteiger partial charge in [0, 0.05) is 19.3 Å². The molecule has 0 radical (unpaired) electrons. The van der Waals surface area contributed by atoms with E-state index in [0.717, 1.165) is 154 Å².